The number of carbonyl (C=O) groups excluding carboxylic acids is 2. The number of nitrogens with zero attached hydrogens (tertiary/aromatic N) is 1. The lowest BCUT2D eigenvalue weighted by atomic mass is 10.1. The summed E-state index contributed by atoms with van der Waals surface area (Å²) in [5.74, 6) is -0.576. The van der Waals surface area contributed by atoms with E-state index >= 15 is 0 Å². The highest BCUT2D eigenvalue weighted by Gasteiger charge is 2.27. The predicted molar refractivity (Wildman–Crippen MR) is 84.5 cm³/mol. The van der Waals surface area contributed by atoms with E-state index in [0.717, 1.165) is 0 Å². The van der Waals surface area contributed by atoms with Crippen molar-refractivity contribution in [3.8, 4) is 5.75 Å². The van der Waals surface area contributed by atoms with Crippen LogP contribution in [0.5, 0.6) is 5.75 Å². The van der Waals surface area contributed by atoms with E-state index in [2.05, 4.69) is 5.32 Å². The van der Waals surface area contributed by atoms with Gasteiger partial charge < -0.3 is 19.8 Å². The van der Waals surface area contributed by atoms with E-state index in [1.807, 2.05) is 0 Å². The molecule has 0 unspecified atom stereocenters. The van der Waals surface area contributed by atoms with Crippen molar-refractivity contribution < 1.29 is 24.5 Å². The summed E-state index contributed by atoms with van der Waals surface area (Å²) in [5.41, 5.74) is -0.165. The first kappa shape index (κ1) is 17.1. The zero-order valence-corrected chi connectivity index (χ0v) is 13.5. The number of hydrogen-bond donors (Lipinski definition) is 3. The smallest absolute Gasteiger partial charge is 0.412 e. The maximum atomic E-state index is 12.3. The van der Waals surface area contributed by atoms with Gasteiger partial charge in [0.2, 0.25) is 0 Å². The van der Waals surface area contributed by atoms with Crippen molar-refractivity contribution in [1.29, 1.82) is 0 Å². The zero-order chi connectivity index (χ0) is 17.2. The van der Waals surface area contributed by atoms with Gasteiger partial charge in [-0.3, -0.25) is 10.1 Å². The largest absolute Gasteiger partial charge is 0.507 e. The van der Waals surface area contributed by atoms with E-state index in [9.17, 15) is 19.8 Å². The molecule has 1 aliphatic heterocycles. The number of rotatable bonds is 2. The summed E-state index contributed by atoms with van der Waals surface area (Å²) < 4.78 is 5.12. The minimum absolute atomic E-state index is 0.133. The molecule has 7 nitrogen and oxygen atoms in total. The third kappa shape index (κ3) is 4.59. The Morgan fingerprint density at radius 3 is 2.57 bits per heavy atom. The molecule has 1 fully saturated rings. The van der Waals surface area contributed by atoms with Gasteiger partial charge in [-0.1, -0.05) is 0 Å². The van der Waals surface area contributed by atoms with Gasteiger partial charge in [0.1, 0.15) is 11.4 Å². The van der Waals surface area contributed by atoms with Crippen molar-refractivity contribution in [2.45, 2.75) is 38.9 Å². The van der Waals surface area contributed by atoms with Gasteiger partial charge in [-0.05, 0) is 39.3 Å². The number of aromatic hydroxyl groups is 1. The Hall–Kier alpha value is -2.28. The van der Waals surface area contributed by atoms with E-state index in [4.69, 9.17) is 4.74 Å². The van der Waals surface area contributed by atoms with Gasteiger partial charge in [-0.2, -0.15) is 0 Å². The van der Waals surface area contributed by atoms with Crippen LogP contribution in [0.3, 0.4) is 0 Å². The highest BCUT2D eigenvalue weighted by Crippen LogP contribution is 2.25. The number of likely N-dealkylation sites (tertiary alicyclic amines) is 1. The van der Waals surface area contributed by atoms with Gasteiger partial charge in [-0.25, -0.2) is 4.79 Å². The molecule has 2 amide bonds. The summed E-state index contributed by atoms with van der Waals surface area (Å²) in [7, 11) is 0. The molecule has 0 bridgehead atoms. The summed E-state index contributed by atoms with van der Waals surface area (Å²) in [6.45, 7) is 5.95. The summed E-state index contributed by atoms with van der Waals surface area (Å²) in [5, 5.41) is 22.0. The lowest BCUT2D eigenvalue weighted by molar-refractivity contribution is 0.0635. The van der Waals surface area contributed by atoms with Crippen LogP contribution in [0.2, 0.25) is 0 Å². The van der Waals surface area contributed by atoms with Gasteiger partial charge >= 0.3 is 6.09 Å². The summed E-state index contributed by atoms with van der Waals surface area (Å²) >= 11 is 0. The van der Waals surface area contributed by atoms with Crippen molar-refractivity contribution in [2.75, 3.05) is 18.4 Å². The minimum atomic E-state index is -0.640. The molecule has 1 saturated heterocycles. The highest BCUT2D eigenvalue weighted by atomic mass is 16.6. The number of nitrogens with one attached hydrogen (secondary N) is 1. The van der Waals surface area contributed by atoms with Crippen molar-refractivity contribution in [3.63, 3.8) is 0 Å². The molecule has 1 aromatic carbocycles. The number of β-amino-alcohol motifs (C(OH)–C–C–N with tert-alkyl or cyclic N) is 1. The van der Waals surface area contributed by atoms with Crippen LogP contribution in [0.4, 0.5) is 10.5 Å². The Bertz CT molecular complexity index is 609. The topological polar surface area (TPSA) is 99.1 Å². The summed E-state index contributed by atoms with van der Waals surface area (Å²) in [6.07, 6.45) is -0.627. The second-order valence-corrected chi connectivity index (χ2v) is 6.55. The van der Waals surface area contributed by atoms with Gasteiger partial charge in [-0.15, -0.1) is 0 Å². The number of carbonyl (C=O) groups is 2. The van der Waals surface area contributed by atoms with Crippen molar-refractivity contribution in [3.05, 3.63) is 23.8 Å². The molecule has 1 aliphatic rings. The average Bonchev–Trinajstić information content (AvgIpc) is 2.82. The van der Waals surface area contributed by atoms with E-state index in [-0.39, 0.29) is 23.8 Å². The third-order valence-electron chi connectivity index (χ3n) is 3.32. The predicted octanol–water partition coefficient (Wildman–Crippen LogP) is 1.95. The van der Waals surface area contributed by atoms with Gasteiger partial charge in [0, 0.05) is 24.8 Å². The molecular weight excluding hydrogens is 300 g/mol. The first-order valence-corrected chi connectivity index (χ1v) is 7.46. The fourth-order valence-corrected chi connectivity index (χ4v) is 2.31. The van der Waals surface area contributed by atoms with Gasteiger partial charge in [0.05, 0.1) is 11.7 Å². The number of benzene rings is 1. The van der Waals surface area contributed by atoms with Crippen LogP contribution in [-0.2, 0) is 4.74 Å². The number of anilines is 1. The van der Waals surface area contributed by atoms with Crippen molar-refractivity contribution >= 4 is 17.7 Å². The molecule has 126 valence electrons. The number of hydrogen-bond acceptors (Lipinski definition) is 5. The Labute approximate surface area is 134 Å². The number of amides is 2. The van der Waals surface area contributed by atoms with E-state index < -0.39 is 17.8 Å². The SMILES string of the molecule is CC(C)(C)OC(=O)Nc1ccc(C(=O)N2CC[C@@H](O)C2)c(O)c1. The number of aliphatic hydroxyl groups excluding tert-OH is 1. The highest BCUT2D eigenvalue weighted by molar-refractivity contribution is 5.98. The lowest BCUT2D eigenvalue weighted by Crippen LogP contribution is -2.29. The summed E-state index contributed by atoms with van der Waals surface area (Å²) in [6, 6.07) is 4.25. The Balaban J connectivity index is 2.06. The van der Waals surface area contributed by atoms with E-state index in [1.54, 1.807) is 20.8 Å². The molecule has 1 aromatic rings. The van der Waals surface area contributed by atoms with Crippen LogP contribution in [-0.4, -0.2) is 51.9 Å². The first-order valence-electron chi connectivity index (χ1n) is 7.46. The lowest BCUT2D eigenvalue weighted by Gasteiger charge is -2.20. The Morgan fingerprint density at radius 2 is 2.04 bits per heavy atom. The van der Waals surface area contributed by atoms with E-state index in [0.29, 0.717) is 18.7 Å². The molecule has 1 atom stereocenters. The number of ether oxygens (including phenoxy) is 1. The summed E-state index contributed by atoms with van der Waals surface area (Å²) in [4.78, 5) is 25.4. The zero-order valence-electron chi connectivity index (χ0n) is 13.5. The fraction of sp³-hybridized carbons (Fsp3) is 0.500. The fourth-order valence-electron chi connectivity index (χ4n) is 2.31. The monoisotopic (exact) mass is 322 g/mol. The molecule has 0 spiro atoms. The molecule has 3 N–H and O–H groups in total. The van der Waals surface area contributed by atoms with Gasteiger partial charge in [0.15, 0.2) is 0 Å². The van der Waals surface area contributed by atoms with Gasteiger partial charge in [0.25, 0.3) is 5.91 Å². The van der Waals surface area contributed by atoms with Crippen LogP contribution in [0.25, 0.3) is 0 Å². The first-order chi connectivity index (χ1) is 10.7. The molecule has 0 radical (unpaired) electrons. The van der Waals surface area contributed by atoms with Crippen molar-refractivity contribution in [1.82, 2.24) is 4.90 Å². The molecule has 0 aliphatic carbocycles. The molecule has 2 rings (SSSR count). The maximum absolute atomic E-state index is 12.3. The number of aliphatic hydroxyl groups is 1. The Kier molecular flexibility index (Phi) is 4.79. The number of phenolic OH excluding ortho intramolecular Hbond substituents is 1. The van der Waals surface area contributed by atoms with Crippen LogP contribution in [0.1, 0.15) is 37.6 Å². The second-order valence-electron chi connectivity index (χ2n) is 6.55. The van der Waals surface area contributed by atoms with Crippen LogP contribution in [0, 0.1) is 0 Å². The minimum Gasteiger partial charge on any atom is -0.507 e. The van der Waals surface area contributed by atoms with Crippen molar-refractivity contribution in [2.24, 2.45) is 0 Å². The molecule has 0 aromatic heterocycles. The quantitative estimate of drug-likeness (QED) is 0.773. The molecule has 7 heteroatoms. The third-order valence-corrected chi connectivity index (χ3v) is 3.32. The normalized spacial score (nSPS) is 17.9. The second kappa shape index (κ2) is 6.45. The van der Waals surface area contributed by atoms with E-state index in [1.165, 1.54) is 23.1 Å². The maximum Gasteiger partial charge on any atom is 0.412 e. The van der Waals surface area contributed by atoms with Crippen LogP contribution < -0.4 is 5.32 Å². The molecule has 0 saturated carbocycles. The molecule has 23 heavy (non-hydrogen) atoms. The van der Waals surface area contributed by atoms with Crippen LogP contribution >= 0.6 is 0 Å². The van der Waals surface area contributed by atoms with Crippen LogP contribution in [0.15, 0.2) is 18.2 Å². The number of phenols is 1. The molecular formula is C16H22N2O5. The molecule has 1 heterocycles. The standard InChI is InChI=1S/C16H22N2O5/c1-16(2,3)23-15(22)17-10-4-5-12(13(20)8-10)14(21)18-7-6-11(19)9-18/h4-5,8,11,19-20H,6-7,9H2,1-3H3,(H,17,22)/t11-/m1/s1. The Morgan fingerprint density at radius 1 is 1.35 bits per heavy atom. The average molecular weight is 322 g/mol.